The van der Waals surface area contributed by atoms with Crippen LogP contribution < -0.4 is 5.32 Å². The molecule has 0 amide bonds. The fraction of sp³-hybridized carbons (Fsp3) is 0.625. The highest BCUT2D eigenvalue weighted by molar-refractivity contribution is 5.25. The first-order valence-corrected chi connectivity index (χ1v) is 7.34. The molecular formula is C16H26N2O. The average Bonchev–Trinajstić information content (AvgIpc) is 2.84. The van der Waals surface area contributed by atoms with E-state index >= 15 is 0 Å². The molecule has 1 heterocycles. The van der Waals surface area contributed by atoms with E-state index in [1.54, 1.807) is 0 Å². The topological polar surface area (TPSA) is 35.5 Å². The Hall–Kier alpha value is -0.900. The third-order valence-corrected chi connectivity index (χ3v) is 4.11. The lowest BCUT2D eigenvalue weighted by Gasteiger charge is -2.37. The van der Waals surface area contributed by atoms with Crippen molar-refractivity contribution in [1.29, 1.82) is 0 Å². The number of nitrogens with one attached hydrogen (secondary N) is 1. The smallest absolute Gasteiger partial charge is 0.0797 e. The van der Waals surface area contributed by atoms with Crippen molar-refractivity contribution in [3.8, 4) is 0 Å². The van der Waals surface area contributed by atoms with Crippen molar-refractivity contribution >= 4 is 0 Å². The predicted octanol–water partition coefficient (Wildman–Crippen LogP) is 1.83. The summed E-state index contributed by atoms with van der Waals surface area (Å²) in [5, 5.41) is 13.5. The van der Waals surface area contributed by atoms with Gasteiger partial charge in [0.25, 0.3) is 0 Å². The lowest BCUT2D eigenvalue weighted by molar-refractivity contribution is 0.117. The van der Waals surface area contributed by atoms with Gasteiger partial charge < -0.3 is 15.3 Å². The highest BCUT2D eigenvalue weighted by Crippen LogP contribution is 2.25. The number of benzene rings is 1. The van der Waals surface area contributed by atoms with Gasteiger partial charge in [-0.2, -0.15) is 0 Å². The molecular weight excluding hydrogens is 236 g/mol. The van der Waals surface area contributed by atoms with Crippen LogP contribution in [-0.2, 0) is 5.54 Å². The van der Waals surface area contributed by atoms with Crippen molar-refractivity contribution in [2.75, 3.05) is 32.8 Å². The van der Waals surface area contributed by atoms with Gasteiger partial charge in [0.2, 0.25) is 0 Å². The zero-order chi connectivity index (χ0) is 13.7. The Morgan fingerprint density at radius 3 is 2.63 bits per heavy atom. The van der Waals surface area contributed by atoms with Crippen LogP contribution in [0.1, 0.15) is 25.8 Å². The van der Waals surface area contributed by atoms with Gasteiger partial charge in [-0.05, 0) is 31.0 Å². The van der Waals surface area contributed by atoms with Crippen molar-refractivity contribution in [2.45, 2.75) is 25.8 Å². The van der Waals surface area contributed by atoms with Crippen LogP contribution in [0.5, 0.6) is 0 Å². The van der Waals surface area contributed by atoms with Crippen LogP contribution in [0.4, 0.5) is 0 Å². The molecule has 1 aromatic rings. The summed E-state index contributed by atoms with van der Waals surface area (Å²) in [5.41, 5.74) is 0.846. The number of aliphatic hydroxyl groups is 1. The van der Waals surface area contributed by atoms with Crippen LogP contribution >= 0.6 is 0 Å². The van der Waals surface area contributed by atoms with Gasteiger partial charge in [0.05, 0.1) is 12.1 Å². The van der Waals surface area contributed by atoms with Crippen LogP contribution in [0.3, 0.4) is 0 Å². The van der Waals surface area contributed by atoms with Gasteiger partial charge in [-0.25, -0.2) is 0 Å². The Labute approximate surface area is 116 Å². The standard InChI is InChI=1S/C16H26N2O/c1-3-17-16(13-19,15-7-5-4-6-8-15)12-18-10-9-14(2)11-18/h4-8,14,17,19H,3,9-13H2,1-2H3. The third kappa shape index (κ3) is 3.35. The summed E-state index contributed by atoms with van der Waals surface area (Å²) in [6.45, 7) is 8.55. The van der Waals surface area contributed by atoms with Gasteiger partial charge in [0.15, 0.2) is 0 Å². The Morgan fingerprint density at radius 2 is 2.11 bits per heavy atom. The van der Waals surface area contributed by atoms with Gasteiger partial charge >= 0.3 is 0 Å². The maximum atomic E-state index is 10.00. The fourth-order valence-corrected chi connectivity index (χ4v) is 3.09. The Bertz CT molecular complexity index is 382. The van der Waals surface area contributed by atoms with E-state index in [2.05, 4.69) is 36.2 Å². The Kier molecular flexibility index (Phi) is 4.97. The van der Waals surface area contributed by atoms with Crippen molar-refractivity contribution < 1.29 is 5.11 Å². The largest absolute Gasteiger partial charge is 0.394 e. The molecule has 2 unspecified atom stereocenters. The molecule has 1 aliphatic rings. The normalized spacial score (nSPS) is 23.4. The quantitative estimate of drug-likeness (QED) is 0.821. The van der Waals surface area contributed by atoms with Gasteiger partial charge in [0, 0.05) is 13.1 Å². The second kappa shape index (κ2) is 6.51. The molecule has 0 spiro atoms. The molecule has 0 aromatic heterocycles. The molecule has 0 radical (unpaired) electrons. The van der Waals surface area contributed by atoms with Crippen LogP contribution in [0, 0.1) is 5.92 Å². The van der Waals surface area contributed by atoms with E-state index in [9.17, 15) is 5.11 Å². The van der Waals surface area contributed by atoms with E-state index in [0.29, 0.717) is 0 Å². The summed E-state index contributed by atoms with van der Waals surface area (Å²) in [6, 6.07) is 10.3. The number of rotatable bonds is 6. The summed E-state index contributed by atoms with van der Waals surface area (Å²) >= 11 is 0. The minimum absolute atomic E-state index is 0.135. The zero-order valence-corrected chi connectivity index (χ0v) is 12.1. The number of likely N-dealkylation sites (tertiary alicyclic amines) is 1. The summed E-state index contributed by atoms with van der Waals surface area (Å²) < 4.78 is 0. The number of hydrogen-bond donors (Lipinski definition) is 2. The number of aliphatic hydroxyl groups excluding tert-OH is 1. The maximum absolute atomic E-state index is 10.00. The van der Waals surface area contributed by atoms with Gasteiger partial charge in [-0.3, -0.25) is 0 Å². The summed E-state index contributed by atoms with van der Waals surface area (Å²) in [6.07, 6.45) is 1.27. The molecule has 0 bridgehead atoms. The third-order valence-electron chi connectivity index (χ3n) is 4.11. The molecule has 1 fully saturated rings. The van der Waals surface area contributed by atoms with E-state index in [4.69, 9.17) is 0 Å². The van der Waals surface area contributed by atoms with Gasteiger partial charge in [0.1, 0.15) is 0 Å². The molecule has 19 heavy (non-hydrogen) atoms. The fourth-order valence-electron chi connectivity index (χ4n) is 3.09. The highest BCUT2D eigenvalue weighted by atomic mass is 16.3. The predicted molar refractivity (Wildman–Crippen MR) is 79.1 cm³/mol. The molecule has 0 saturated carbocycles. The van der Waals surface area contributed by atoms with E-state index in [1.165, 1.54) is 12.0 Å². The maximum Gasteiger partial charge on any atom is 0.0797 e. The lowest BCUT2D eigenvalue weighted by Crippen LogP contribution is -2.53. The molecule has 0 aliphatic carbocycles. The Balaban J connectivity index is 2.19. The molecule has 2 rings (SSSR count). The molecule has 2 N–H and O–H groups in total. The minimum atomic E-state index is -0.333. The molecule has 2 atom stereocenters. The number of likely N-dealkylation sites (N-methyl/N-ethyl adjacent to an activating group) is 1. The first-order valence-electron chi connectivity index (χ1n) is 7.34. The summed E-state index contributed by atoms with van der Waals surface area (Å²) in [7, 11) is 0. The van der Waals surface area contributed by atoms with Crippen molar-refractivity contribution in [2.24, 2.45) is 5.92 Å². The first kappa shape index (κ1) is 14.5. The van der Waals surface area contributed by atoms with Crippen LogP contribution in [0.15, 0.2) is 30.3 Å². The summed E-state index contributed by atoms with van der Waals surface area (Å²) in [4.78, 5) is 2.47. The van der Waals surface area contributed by atoms with Gasteiger partial charge in [-0.1, -0.05) is 44.2 Å². The monoisotopic (exact) mass is 262 g/mol. The highest BCUT2D eigenvalue weighted by Gasteiger charge is 2.34. The zero-order valence-electron chi connectivity index (χ0n) is 12.1. The molecule has 1 aromatic carbocycles. The Morgan fingerprint density at radius 1 is 1.37 bits per heavy atom. The molecule has 1 aliphatic heterocycles. The minimum Gasteiger partial charge on any atom is -0.394 e. The van der Waals surface area contributed by atoms with Crippen LogP contribution in [-0.4, -0.2) is 42.8 Å². The van der Waals surface area contributed by atoms with E-state index in [1.807, 2.05) is 18.2 Å². The van der Waals surface area contributed by atoms with E-state index < -0.39 is 0 Å². The van der Waals surface area contributed by atoms with Crippen molar-refractivity contribution in [1.82, 2.24) is 10.2 Å². The summed E-state index contributed by atoms with van der Waals surface area (Å²) in [5.74, 6) is 0.772. The van der Waals surface area contributed by atoms with Gasteiger partial charge in [-0.15, -0.1) is 0 Å². The van der Waals surface area contributed by atoms with Crippen LogP contribution in [0.25, 0.3) is 0 Å². The van der Waals surface area contributed by atoms with Crippen LogP contribution in [0.2, 0.25) is 0 Å². The average molecular weight is 262 g/mol. The van der Waals surface area contributed by atoms with E-state index in [-0.39, 0.29) is 12.1 Å². The second-order valence-corrected chi connectivity index (χ2v) is 5.77. The first-order chi connectivity index (χ1) is 9.20. The molecule has 3 heteroatoms. The van der Waals surface area contributed by atoms with Crippen molar-refractivity contribution in [3.63, 3.8) is 0 Å². The number of nitrogens with zero attached hydrogens (tertiary/aromatic N) is 1. The van der Waals surface area contributed by atoms with E-state index in [0.717, 1.165) is 32.1 Å². The molecule has 1 saturated heterocycles. The van der Waals surface area contributed by atoms with Crippen molar-refractivity contribution in [3.05, 3.63) is 35.9 Å². The SMILES string of the molecule is CCNC(CO)(CN1CCC(C)C1)c1ccccc1. The molecule has 106 valence electrons. The second-order valence-electron chi connectivity index (χ2n) is 5.77. The molecule has 3 nitrogen and oxygen atoms in total. The number of hydrogen-bond acceptors (Lipinski definition) is 3. The lowest BCUT2D eigenvalue weighted by atomic mass is 9.90.